The van der Waals surface area contributed by atoms with Crippen molar-refractivity contribution in [2.45, 2.75) is 19.0 Å². The van der Waals surface area contributed by atoms with Crippen molar-refractivity contribution in [1.29, 1.82) is 0 Å². The number of imide groups is 1. The molecular formula is C27H24BrN3O5. The van der Waals surface area contributed by atoms with E-state index in [1.165, 1.54) is 9.91 Å². The Hall–Kier alpha value is -3.69. The minimum atomic E-state index is -0.998. The molecule has 3 atom stereocenters. The second kappa shape index (κ2) is 9.75. The number of methoxy groups -OCH3 is 1. The molecule has 184 valence electrons. The van der Waals surface area contributed by atoms with Crippen molar-refractivity contribution in [1.82, 2.24) is 10.4 Å². The number of halogens is 1. The first-order chi connectivity index (χ1) is 17.4. The summed E-state index contributed by atoms with van der Waals surface area (Å²) in [6, 6.07) is 19.4. The van der Waals surface area contributed by atoms with Crippen LogP contribution in [0.5, 0.6) is 11.5 Å². The molecular weight excluding hydrogens is 526 g/mol. The summed E-state index contributed by atoms with van der Waals surface area (Å²) in [4.78, 5) is 42.2. The number of carbonyl (C=O) groups is 3. The Bertz CT molecular complexity index is 1310. The van der Waals surface area contributed by atoms with Gasteiger partial charge >= 0.3 is 0 Å². The van der Waals surface area contributed by atoms with Crippen LogP contribution in [0.2, 0.25) is 0 Å². The first kappa shape index (κ1) is 24.0. The van der Waals surface area contributed by atoms with Crippen molar-refractivity contribution in [2.75, 3.05) is 18.6 Å². The van der Waals surface area contributed by atoms with Crippen LogP contribution in [0.4, 0.5) is 5.69 Å². The highest BCUT2D eigenvalue weighted by Crippen LogP contribution is 2.42. The molecule has 0 spiro atoms. The Morgan fingerprint density at radius 1 is 0.972 bits per heavy atom. The molecule has 0 bridgehead atoms. The molecule has 2 heterocycles. The van der Waals surface area contributed by atoms with Crippen LogP contribution in [0.15, 0.2) is 77.3 Å². The van der Waals surface area contributed by atoms with Crippen LogP contribution in [-0.2, 0) is 9.59 Å². The van der Waals surface area contributed by atoms with Gasteiger partial charge in [0.05, 0.1) is 31.4 Å². The standard InChI is InChI=1S/C27H24BrN3O5/c1-3-36-21-13-9-19(10-14-21)30-26(33)22-23(16-7-11-20(35-2)12-8-16)29-31(24(22)27(30)34)25(32)17-5-4-6-18(28)15-17/h4-15,22-24,29H,3H2,1-2H3/t22-,23+,24+/m1/s1. The number of anilines is 1. The summed E-state index contributed by atoms with van der Waals surface area (Å²) in [6.07, 6.45) is 0. The van der Waals surface area contributed by atoms with E-state index in [1.807, 2.05) is 25.1 Å². The van der Waals surface area contributed by atoms with Gasteiger partial charge in [0.15, 0.2) is 0 Å². The molecule has 3 amide bonds. The van der Waals surface area contributed by atoms with Crippen molar-refractivity contribution in [3.05, 3.63) is 88.4 Å². The highest BCUT2D eigenvalue weighted by Gasteiger charge is 2.60. The Balaban J connectivity index is 1.54. The zero-order chi connectivity index (χ0) is 25.4. The molecule has 0 unspecified atom stereocenters. The van der Waals surface area contributed by atoms with Crippen molar-refractivity contribution in [2.24, 2.45) is 5.92 Å². The summed E-state index contributed by atoms with van der Waals surface area (Å²) in [5.74, 6) is -0.705. The van der Waals surface area contributed by atoms with Crippen LogP contribution in [0, 0.1) is 5.92 Å². The van der Waals surface area contributed by atoms with E-state index < -0.39 is 29.8 Å². The van der Waals surface area contributed by atoms with Gasteiger partial charge in [-0.15, -0.1) is 0 Å². The van der Waals surface area contributed by atoms with Gasteiger partial charge < -0.3 is 9.47 Å². The molecule has 8 nitrogen and oxygen atoms in total. The molecule has 0 radical (unpaired) electrons. The lowest BCUT2D eigenvalue weighted by Crippen LogP contribution is -2.48. The molecule has 5 rings (SSSR count). The minimum absolute atomic E-state index is 0.368. The average molecular weight is 550 g/mol. The molecule has 0 saturated carbocycles. The van der Waals surface area contributed by atoms with E-state index in [9.17, 15) is 14.4 Å². The number of fused-ring (bicyclic) bond motifs is 1. The number of hydrazine groups is 1. The van der Waals surface area contributed by atoms with Gasteiger partial charge in [-0.25, -0.2) is 10.3 Å². The first-order valence-corrected chi connectivity index (χ1v) is 12.3. The number of hydrogen-bond donors (Lipinski definition) is 1. The first-order valence-electron chi connectivity index (χ1n) is 11.5. The van der Waals surface area contributed by atoms with Gasteiger partial charge in [-0.1, -0.05) is 34.1 Å². The van der Waals surface area contributed by atoms with Crippen LogP contribution in [0.3, 0.4) is 0 Å². The predicted molar refractivity (Wildman–Crippen MR) is 137 cm³/mol. The van der Waals surface area contributed by atoms with E-state index in [-0.39, 0.29) is 5.91 Å². The number of carbonyl (C=O) groups excluding carboxylic acids is 3. The van der Waals surface area contributed by atoms with Crippen LogP contribution in [0.25, 0.3) is 0 Å². The van der Waals surface area contributed by atoms with Crippen molar-refractivity contribution in [3.63, 3.8) is 0 Å². The van der Waals surface area contributed by atoms with Gasteiger partial charge in [0.2, 0.25) is 5.91 Å². The zero-order valence-electron chi connectivity index (χ0n) is 19.7. The minimum Gasteiger partial charge on any atom is -0.497 e. The third-order valence-corrected chi connectivity index (χ3v) is 6.90. The van der Waals surface area contributed by atoms with Crippen LogP contribution in [0.1, 0.15) is 28.9 Å². The van der Waals surface area contributed by atoms with Gasteiger partial charge in [0.1, 0.15) is 17.5 Å². The van der Waals surface area contributed by atoms with E-state index in [4.69, 9.17) is 9.47 Å². The van der Waals surface area contributed by atoms with Crippen LogP contribution in [-0.4, -0.2) is 42.5 Å². The second-order valence-electron chi connectivity index (χ2n) is 8.47. The summed E-state index contributed by atoms with van der Waals surface area (Å²) in [5, 5.41) is 1.30. The third kappa shape index (κ3) is 4.14. The van der Waals surface area contributed by atoms with E-state index in [0.717, 1.165) is 10.0 Å². The van der Waals surface area contributed by atoms with E-state index >= 15 is 0 Å². The number of nitrogens with zero attached hydrogens (tertiary/aromatic N) is 2. The SMILES string of the molecule is CCOc1ccc(N2C(=O)[C@H]3[C@@H](C2=O)N(C(=O)c2cccc(Br)c2)N[C@H]3c2ccc(OC)cc2)cc1. The predicted octanol–water partition coefficient (Wildman–Crippen LogP) is 4.12. The monoisotopic (exact) mass is 549 g/mol. The lowest BCUT2D eigenvalue weighted by Gasteiger charge is -2.25. The van der Waals surface area contributed by atoms with Gasteiger partial charge in [0.25, 0.3) is 11.8 Å². The lowest BCUT2D eigenvalue weighted by atomic mass is 9.91. The molecule has 3 aromatic carbocycles. The summed E-state index contributed by atoms with van der Waals surface area (Å²) < 4.78 is 11.5. The van der Waals surface area contributed by atoms with E-state index in [1.54, 1.807) is 61.7 Å². The highest BCUT2D eigenvalue weighted by atomic mass is 79.9. The number of nitrogens with one attached hydrogen (secondary N) is 1. The largest absolute Gasteiger partial charge is 0.497 e. The molecule has 2 saturated heterocycles. The van der Waals surface area contributed by atoms with Crippen LogP contribution >= 0.6 is 15.9 Å². The Labute approximate surface area is 216 Å². The fourth-order valence-electron chi connectivity index (χ4n) is 4.74. The molecule has 2 fully saturated rings. The Morgan fingerprint density at radius 3 is 2.31 bits per heavy atom. The fourth-order valence-corrected chi connectivity index (χ4v) is 5.14. The summed E-state index contributed by atoms with van der Waals surface area (Å²) >= 11 is 3.39. The molecule has 1 N–H and O–H groups in total. The second-order valence-corrected chi connectivity index (χ2v) is 9.39. The zero-order valence-corrected chi connectivity index (χ0v) is 21.3. The average Bonchev–Trinajstić information content (AvgIpc) is 3.41. The number of hydrogen-bond acceptors (Lipinski definition) is 6. The third-order valence-electron chi connectivity index (χ3n) is 6.41. The van der Waals surface area contributed by atoms with E-state index in [2.05, 4.69) is 21.4 Å². The maximum Gasteiger partial charge on any atom is 0.268 e. The summed E-state index contributed by atoms with van der Waals surface area (Å²) in [5.41, 5.74) is 4.76. The van der Waals surface area contributed by atoms with Crippen molar-refractivity contribution < 1.29 is 23.9 Å². The lowest BCUT2D eigenvalue weighted by molar-refractivity contribution is -0.123. The van der Waals surface area contributed by atoms with Crippen molar-refractivity contribution in [3.8, 4) is 11.5 Å². The number of amides is 3. The highest BCUT2D eigenvalue weighted by molar-refractivity contribution is 9.10. The molecule has 2 aliphatic rings. The maximum atomic E-state index is 13.7. The quantitative estimate of drug-likeness (QED) is 0.465. The molecule has 3 aromatic rings. The van der Waals surface area contributed by atoms with E-state index in [0.29, 0.717) is 29.4 Å². The Kier molecular flexibility index (Phi) is 6.51. The molecule has 2 aliphatic heterocycles. The van der Waals surface area contributed by atoms with Crippen molar-refractivity contribution >= 4 is 39.3 Å². The van der Waals surface area contributed by atoms with Gasteiger partial charge in [0, 0.05) is 10.0 Å². The Morgan fingerprint density at radius 2 is 1.67 bits per heavy atom. The summed E-state index contributed by atoms with van der Waals surface area (Å²) in [7, 11) is 1.57. The number of rotatable bonds is 6. The molecule has 36 heavy (non-hydrogen) atoms. The molecule has 0 aromatic heterocycles. The van der Waals surface area contributed by atoms with Crippen LogP contribution < -0.4 is 19.8 Å². The fraction of sp³-hybridized carbons (Fsp3) is 0.222. The molecule has 0 aliphatic carbocycles. The smallest absolute Gasteiger partial charge is 0.268 e. The van der Waals surface area contributed by atoms with Gasteiger partial charge in [-0.3, -0.25) is 19.4 Å². The topological polar surface area (TPSA) is 88.2 Å². The van der Waals surface area contributed by atoms with Gasteiger partial charge in [-0.2, -0.15) is 0 Å². The normalized spacial score (nSPS) is 21.0. The van der Waals surface area contributed by atoms with Gasteiger partial charge in [-0.05, 0) is 67.1 Å². The molecule has 9 heteroatoms. The summed E-state index contributed by atoms with van der Waals surface area (Å²) in [6.45, 7) is 2.39. The number of benzene rings is 3. The maximum absolute atomic E-state index is 13.7. The number of ether oxygens (including phenoxy) is 2.